The summed E-state index contributed by atoms with van der Waals surface area (Å²) in [5.41, 5.74) is 0.423. The fourth-order valence-corrected chi connectivity index (χ4v) is 3.55. The number of rotatable bonds is 4. The van der Waals surface area contributed by atoms with Crippen molar-refractivity contribution in [2.75, 3.05) is 33.3 Å². The molecule has 0 aliphatic carbocycles. The maximum atomic E-state index is 12.7. The summed E-state index contributed by atoms with van der Waals surface area (Å²) in [6, 6.07) is 5.53. The molecule has 0 radical (unpaired) electrons. The number of likely N-dealkylation sites (tertiary alicyclic amines) is 1. The summed E-state index contributed by atoms with van der Waals surface area (Å²) < 4.78 is 42.9. The van der Waals surface area contributed by atoms with E-state index in [1.165, 1.54) is 12.0 Å². The Morgan fingerprint density at radius 2 is 1.82 bits per heavy atom. The number of para-hydroxylation sites is 1. The van der Waals surface area contributed by atoms with Crippen molar-refractivity contribution in [3.8, 4) is 5.75 Å². The second-order valence-electron chi connectivity index (χ2n) is 6.73. The summed E-state index contributed by atoms with van der Waals surface area (Å²) in [6.45, 7) is -1.27. The van der Waals surface area contributed by atoms with Gasteiger partial charge in [0.15, 0.2) is 0 Å². The molecule has 3 rings (SSSR count). The predicted molar refractivity (Wildman–Crippen MR) is 91.8 cm³/mol. The van der Waals surface area contributed by atoms with Crippen LogP contribution in [0.25, 0.3) is 0 Å². The van der Waals surface area contributed by atoms with Gasteiger partial charge in [0, 0.05) is 19.1 Å². The van der Waals surface area contributed by atoms with Crippen LogP contribution in [-0.4, -0.2) is 78.1 Å². The first kappa shape index (κ1) is 20.0. The monoisotopic (exact) mass is 399 g/mol. The van der Waals surface area contributed by atoms with E-state index in [9.17, 15) is 27.6 Å². The second kappa shape index (κ2) is 7.69. The van der Waals surface area contributed by atoms with Crippen LogP contribution < -0.4 is 4.74 Å². The highest BCUT2D eigenvalue weighted by molar-refractivity contribution is 6.02. The average molecular weight is 399 g/mol. The van der Waals surface area contributed by atoms with Crippen LogP contribution in [-0.2, 0) is 4.79 Å². The number of hydrogen-bond acceptors (Lipinski definition) is 4. The number of carbonyl (C=O) groups excluding carboxylic acids is 3. The third kappa shape index (κ3) is 4.05. The lowest BCUT2D eigenvalue weighted by Crippen LogP contribution is -2.48. The molecule has 2 fully saturated rings. The van der Waals surface area contributed by atoms with Crippen molar-refractivity contribution in [1.29, 1.82) is 0 Å². The third-order valence-electron chi connectivity index (χ3n) is 4.95. The van der Waals surface area contributed by atoms with Crippen LogP contribution in [0.2, 0.25) is 0 Å². The zero-order valence-corrected chi connectivity index (χ0v) is 15.2. The topological polar surface area (TPSA) is 70.2 Å². The lowest BCUT2D eigenvalue weighted by atomic mass is 10.0. The minimum atomic E-state index is -4.63. The van der Waals surface area contributed by atoms with Crippen LogP contribution in [0.4, 0.5) is 18.0 Å². The highest BCUT2D eigenvalue weighted by Crippen LogP contribution is 2.27. The third-order valence-corrected chi connectivity index (χ3v) is 4.95. The molecule has 1 aromatic carbocycles. The number of imide groups is 1. The molecular formula is C18H20F3N3O4. The molecule has 2 heterocycles. The Morgan fingerprint density at radius 1 is 1.18 bits per heavy atom. The van der Waals surface area contributed by atoms with Crippen LogP contribution >= 0.6 is 0 Å². The molecule has 0 atom stereocenters. The van der Waals surface area contributed by atoms with E-state index in [1.54, 1.807) is 29.2 Å². The number of carbonyl (C=O) groups is 3. The van der Waals surface area contributed by atoms with Gasteiger partial charge in [-0.1, -0.05) is 12.1 Å². The SMILES string of the molecule is COc1ccccc1C(=O)N1CCC(N2CC(=O)N(CC(F)(F)F)C2=O)CC1. The summed E-state index contributed by atoms with van der Waals surface area (Å²) >= 11 is 0. The number of alkyl halides is 3. The molecule has 7 nitrogen and oxygen atoms in total. The van der Waals surface area contributed by atoms with Gasteiger partial charge in [0.25, 0.3) is 11.8 Å². The van der Waals surface area contributed by atoms with Crippen LogP contribution in [0.3, 0.4) is 0 Å². The van der Waals surface area contributed by atoms with Crippen LogP contribution in [0.15, 0.2) is 24.3 Å². The highest BCUT2D eigenvalue weighted by atomic mass is 19.4. The van der Waals surface area contributed by atoms with E-state index in [-0.39, 0.29) is 23.4 Å². The lowest BCUT2D eigenvalue weighted by molar-refractivity contribution is -0.151. The van der Waals surface area contributed by atoms with Crippen LogP contribution in [0, 0.1) is 0 Å². The fraction of sp³-hybridized carbons (Fsp3) is 0.500. The molecule has 4 amide bonds. The van der Waals surface area contributed by atoms with Gasteiger partial charge in [-0.3, -0.25) is 14.5 Å². The molecule has 0 aromatic heterocycles. The van der Waals surface area contributed by atoms with Crippen molar-refractivity contribution >= 4 is 17.8 Å². The summed E-state index contributed by atoms with van der Waals surface area (Å²) in [5.74, 6) is -0.606. The van der Waals surface area contributed by atoms with E-state index in [4.69, 9.17) is 4.74 Å². The van der Waals surface area contributed by atoms with Gasteiger partial charge in [0.05, 0.1) is 12.7 Å². The van der Waals surface area contributed by atoms with Crippen molar-refractivity contribution in [2.24, 2.45) is 0 Å². The smallest absolute Gasteiger partial charge is 0.406 e. The zero-order valence-electron chi connectivity index (χ0n) is 15.2. The van der Waals surface area contributed by atoms with Gasteiger partial charge in [-0.05, 0) is 25.0 Å². The van der Waals surface area contributed by atoms with Crippen molar-refractivity contribution in [3.05, 3.63) is 29.8 Å². The molecule has 0 spiro atoms. The predicted octanol–water partition coefficient (Wildman–Crippen LogP) is 2.13. The maximum Gasteiger partial charge on any atom is 0.406 e. The summed E-state index contributed by atoms with van der Waals surface area (Å²) in [7, 11) is 1.47. The Balaban J connectivity index is 1.62. The number of nitrogens with zero attached hydrogens (tertiary/aromatic N) is 3. The molecule has 10 heteroatoms. The number of halogens is 3. The minimum absolute atomic E-state index is 0.210. The summed E-state index contributed by atoms with van der Waals surface area (Å²) in [5, 5.41) is 0. The van der Waals surface area contributed by atoms with E-state index in [0.717, 1.165) is 0 Å². The largest absolute Gasteiger partial charge is 0.496 e. The van der Waals surface area contributed by atoms with E-state index < -0.39 is 24.7 Å². The first-order chi connectivity index (χ1) is 13.2. The molecule has 0 bridgehead atoms. The van der Waals surface area contributed by atoms with Gasteiger partial charge in [0.2, 0.25) is 0 Å². The molecule has 2 aliphatic rings. The molecule has 0 saturated carbocycles. The Hall–Kier alpha value is -2.78. The van der Waals surface area contributed by atoms with Crippen molar-refractivity contribution in [3.63, 3.8) is 0 Å². The second-order valence-corrected chi connectivity index (χ2v) is 6.73. The number of methoxy groups -OCH3 is 1. The van der Waals surface area contributed by atoms with Gasteiger partial charge in [0.1, 0.15) is 18.8 Å². The van der Waals surface area contributed by atoms with Gasteiger partial charge in [-0.25, -0.2) is 4.79 Å². The van der Waals surface area contributed by atoms with Gasteiger partial charge in [-0.15, -0.1) is 0 Å². The van der Waals surface area contributed by atoms with E-state index in [2.05, 4.69) is 0 Å². The Bertz CT molecular complexity index is 776. The normalized spacial score (nSPS) is 18.8. The summed E-state index contributed by atoms with van der Waals surface area (Å²) in [6.07, 6.45) is -3.86. The minimum Gasteiger partial charge on any atom is -0.496 e. The Kier molecular flexibility index (Phi) is 5.48. The number of amides is 4. The van der Waals surface area contributed by atoms with Crippen molar-refractivity contribution in [1.82, 2.24) is 14.7 Å². The van der Waals surface area contributed by atoms with E-state index in [0.29, 0.717) is 37.2 Å². The van der Waals surface area contributed by atoms with Crippen molar-refractivity contribution in [2.45, 2.75) is 25.1 Å². The number of hydrogen-bond donors (Lipinski definition) is 0. The molecular weight excluding hydrogens is 379 g/mol. The lowest BCUT2D eigenvalue weighted by Gasteiger charge is -2.36. The molecule has 152 valence electrons. The van der Waals surface area contributed by atoms with Gasteiger partial charge in [-0.2, -0.15) is 13.2 Å². The molecule has 0 N–H and O–H groups in total. The number of benzene rings is 1. The Morgan fingerprint density at radius 3 is 2.43 bits per heavy atom. The maximum absolute atomic E-state index is 12.7. The van der Waals surface area contributed by atoms with Crippen molar-refractivity contribution < 1.29 is 32.3 Å². The molecule has 2 aliphatic heterocycles. The number of ether oxygens (including phenoxy) is 1. The number of urea groups is 1. The highest BCUT2D eigenvalue weighted by Gasteiger charge is 2.45. The first-order valence-corrected chi connectivity index (χ1v) is 8.81. The first-order valence-electron chi connectivity index (χ1n) is 8.81. The zero-order chi connectivity index (χ0) is 20.5. The average Bonchev–Trinajstić information content (AvgIpc) is 2.94. The summed E-state index contributed by atoms with van der Waals surface area (Å²) in [4.78, 5) is 39.8. The molecule has 1 aromatic rings. The van der Waals surface area contributed by atoms with E-state index in [1.807, 2.05) is 0 Å². The Labute approximate surface area is 159 Å². The van der Waals surface area contributed by atoms with Crippen LogP contribution in [0.5, 0.6) is 5.75 Å². The fourth-order valence-electron chi connectivity index (χ4n) is 3.55. The van der Waals surface area contributed by atoms with Gasteiger partial charge >= 0.3 is 12.2 Å². The quantitative estimate of drug-likeness (QED) is 0.728. The number of piperidine rings is 1. The van der Waals surface area contributed by atoms with Crippen LogP contribution in [0.1, 0.15) is 23.2 Å². The standard InChI is InChI=1S/C18H20F3N3O4/c1-28-14-5-3-2-4-13(14)16(26)22-8-6-12(7-9-22)23-10-15(25)24(17(23)27)11-18(19,20)21/h2-5,12H,6-11H2,1H3. The molecule has 28 heavy (non-hydrogen) atoms. The van der Waals surface area contributed by atoms with E-state index >= 15 is 0 Å². The molecule has 0 unspecified atom stereocenters. The van der Waals surface area contributed by atoms with Gasteiger partial charge < -0.3 is 14.5 Å². The molecule has 2 saturated heterocycles.